The van der Waals surface area contributed by atoms with Gasteiger partial charge >= 0.3 is 6.18 Å². The molecule has 1 atom stereocenters. The zero-order chi connectivity index (χ0) is 23.6. The van der Waals surface area contributed by atoms with Gasteiger partial charge in [0, 0.05) is 21.9 Å². The Balaban J connectivity index is 1.64. The first kappa shape index (κ1) is 24.1. The maximum Gasteiger partial charge on any atom is 0.416 e. The summed E-state index contributed by atoms with van der Waals surface area (Å²) in [5, 5.41) is 0. The van der Waals surface area contributed by atoms with E-state index in [1.165, 1.54) is 36.9 Å². The number of anilines is 1. The van der Waals surface area contributed by atoms with Crippen molar-refractivity contribution in [3.8, 4) is 0 Å². The summed E-state index contributed by atoms with van der Waals surface area (Å²) in [6, 6.07) is 11.7. The molecular weight excluding hydrogens is 459 g/mol. The molecule has 0 spiro atoms. The van der Waals surface area contributed by atoms with Crippen molar-refractivity contribution in [3.05, 3.63) is 83.5 Å². The van der Waals surface area contributed by atoms with Crippen LogP contribution in [0.15, 0.2) is 77.2 Å². The summed E-state index contributed by atoms with van der Waals surface area (Å²) in [5.41, 5.74) is 0.811. The number of rotatable bonds is 7. The van der Waals surface area contributed by atoms with Gasteiger partial charge in [0.05, 0.1) is 5.56 Å². The number of Topliss-reactive ketones (excluding diaryl/α,β-unsaturated/α-hetero) is 1. The van der Waals surface area contributed by atoms with Crippen LogP contribution in [0.3, 0.4) is 0 Å². The molecule has 1 N–H and O–H groups in total. The summed E-state index contributed by atoms with van der Waals surface area (Å²) >= 11 is 1.43. The molecule has 0 heterocycles. The summed E-state index contributed by atoms with van der Waals surface area (Å²) in [4.78, 5) is 12.5. The van der Waals surface area contributed by atoms with Gasteiger partial charge in [-0.2, -0.15) is 13.2 Å². The van der Waals surface area contributed by atoms with E-state index >= 15 is 0 Å². The molecule has 0 aromatic heterocycles. The molecule has 0 saturated heterocycles. The highest BCUT2D eigenvalue weighted by Crippen LogP contribution is 2.33. The number of hydrogen-bond acceptors (Lipinski definition) is 4. The summed E-state index contributed by atoms with van der Waals surface area (Å²) < 4.78 is 65.2. The number of sulfonamides is 1. The lowest BCUT2D eigenvalue weighted by Gasteiger charge is -2.28. The third-order valence-electron chi connectivity index (χ3n) is 5.10. The molecule has 0 aliphatic heterocycles. The van der Waals surface area contributed by atoms with E-state index in [1.807, 2.05) is 0 Å². The molecule has 1 unspecified atom stereocenters. The SMILES string of the molecule is CC(=O)C1=CC(C)(S(=O)(=O)Nc2ccc(SCc3ccc(C(F)(F)F)cc3)cc2)CC=C1. The van der Waals surface area contributed by atoms with Crippen LogP contribution in [-0.4, -0.2) is 18.9 Å². The molecule has 170 valence electrons. The topological polar surface area (TPSA) is 63.2 Å². The van der Waals surface area contributed by atoms with E-state index in [4.69, 9.17) is 0 Å². The van der Waals surface area contributed by atoms with Crippen molar-refractivity contribution in [3.63, 3.8) is 0 Å². The molecule has 2 aromatic carbocycles. The first-order chi connectivity index (χ1) is 14.9. The first-order valence-corrected chi connectivity index (χ1v) is 12.2. The van der Waals surface area contributed by atoms with Gasteiger partial charge < -0.3 is 0 Å². The minimum atomic E-state index is -4.36. The second-order valence-corrected chi connectivity index (χ2v) is 10.9. The lowest BCUT2D eigenvalue weighted by Crippen LogP contribution is -2.39. The minimum absolute atomic E-state index is 0.197. The van der Waals surface area contributed by atoms with Gasteiger partial charge in [0.25, 0.3) is 0 Å². The average Bonchev–Trinajstić information content (AvgIpc) is 2.72. The highest BCUT2D eigenvalue weighted by atomic mass is 32.2. The van der Waals surface area contributed by atoms with Gasteiger partial charge in [0.1, 0.15) is 4.75 Å². The number of allylic oxidation sites excluding steroid dienone is 3. The molecular formula is C23H22F3NO3S2. The van der Waals surface area contributed by atoms with Crippen LogP contribution in [0.2, 0.25) is 0 Å². The summed E-state index contributed by atoms with van der Waals surface area (Å²) in [5.74, 6) is 0.281. The van der Waals surface area contributed by atoms with Gasteiger partial charge in [0.15, 0.2) is 5.78 Å². The number of carbonyl (C=O) groups excluding carboxylic acids is 1. The Morgan fingerprint density at radius 1 is 1.09 bits per heavy atom. The Morgan fingerprint density at radius 3 is 2.28 bits per heavy atom. The number of ketones is 1. The van der Waals surface area contributed by atoms with Gasteiger partial charge in [-0.15, -0.1) is 11.8 Å². The van der Waals surface area contributed by atoms with Crippen molar-refractivity contribution < 1.29 is 26.4 Å². The molecule has 2 aromatic rings. The molecule has 32 heavy (non-hydrogen) atoms. The Morgan fingerprint density at radius 2 is 1.72 bits per heavy atom. The first-order valence-electron chi connectivity index (χ1n) is 9.71. The smallest absolute Gasteiger partial charge is 0.295 e. The van der Waals surface area contributed by atoms with Crippen LogP contribution < -0.4 is 4.72 Å². The second kappa shape index (κ2) is 9.15. The maximum absolute atomic E-state index is 13.0. The fourth-order valence-corrected chi connectivity index (χ4v) is 5.24. The maximum atomic E-state index is 13.0. The lowest BCUT2D eigenvalue weighted by molar-refractivity contribution is -0.137. The number of carbonyl (C=O) groups is 1. The van der Waals surface area contributed by atoms with Gasteiger partial charge in [-0.25, -0.2) is 8.42 Å². The Kier molecular flexibility index (Phi) is 6.90. The van der Waals surface area contributed by atoms with Crippen LogP contribution in [0.25, 0.3) is 0 Å². The van der Waals surface area contributed by atoms with Gasteiger partial charge in [0.2, 0.25) is 10.0 Å². The molecule has 0 fully saturated rings. The van der Waals surface area contributed by atoms with E-state index in [-0.39, 0.29) is 12.2 Å². The fraction of sp³-hybridized carbons (Fsp3) is 0.261. The second-order valence-electron chi connectivity index (χ2n) is 7.69. The third kappa shape index (κ3) is 5.63. The van der Waals surface area contributed by atoms with Gasteiger partial charge in [-0.05, 0) is 62.2 Å². The number of nitrogens with one attached hydrogen (secondary N) is 1. The lowest BCUT2D eigenvalue weighted by atomic mass is 9.95. The molecule has 0 radical (unpaired) electrons. The Labute approximate surface area is 189 Å². The van der Waals surface area contributed by atoms with E-state index in [0.29, 0.717) is 17.0 Å². The van der Waals surface area contributed by atoms with Crippen molar-refractivity contribution >= 4 is 33.3 Å². The fourth-order valence-electron chi connectivity index (χ4n) is 3.11. The normalized spacial score (nSPS) is 18.8. The summed E-state index contributed by atoms with van der Waals surface area (Å²) in [7, 11) is -3.82. The minimum Gasteiger partial charge on any atom is -0.295 e. The largest absolute Gasteiger partial charge is 0.416 e. The van der Waals surface area contributed by atoms with Crippen LogP contribution in [-0.2, 0) is 26.7 Å². The molecule has 9 heteroatoms. The highest BCUT2D eigenvalue weighted by Gasteiger charge is 2.38. The van der Waals surface area contributed by atoms with Gasteiger partial charge in [-0.1, -0.05) is 30.4 Å². The van der Waals surface area contributed by atoms with Crippen molar-refractivity contribution in [2.45, 2.75) is 41.8 Å². The van der Waals surface area contributed by atoms with Crippen LogP contribution in [0.4, 0.5) is 18.9 Å². The zero-order valence-electron chi connectivity index (χ0n) is 17.4. The monoisotopic (exact) mass is 481 g/mol. The van der Waals surface area contributed by atoms with Crippen LogP contribution >= 0.6 is 11.8 Å². The third-order valence-corrected chi connectivity index (χ3v) is 8.20. The number of hydrogen-bond donors (Lipinski definition) is 1. The van der Waals surface area contributed by atoms with E-state index in [0.717, 1.165) is 22.6 Å². The molecule has 0 bridgehead atoms. The van der Waals surface area contributed by atoms with Crippen molar-refractivity contribution in [2.24, 2.45) is 0 Å². The predicted molar refractivity (Wildman–Crippen MR) is 121 cm³/mol. The Hall–Kier alpha value is -2.52. The molecule has 0 saturated carbocycles. The van der Waals surface area contributed by atoms with E-state index in [2.05, 4.69) is 4.72 Å². The number of alkyl halides is 3. The standard InChI is InChI=1S/C23H22F3NO3S2/c1-16(28)18-4-3-13-22(2,14-18)32(29,30)27-20-9-11-21(12-10-20)31-15-17-5-7-19(8-6-17)23(24,25)26/h3-12,14,27H,13,15H2,1-2H3. The molecule has 3 rings (SSSR count). The van der Waals surface area contributed by atoms with E-state index in [1.54, 1.807) is 43.3 Å². The molecule has 0 amide bonds. The average molecular weight is 482 g/mol. The van der Waals surface area contributed by atoms with Crippen LogP contribution in [0.5, 0.6) is 0 Å². The molecule has 1 aliphatic rings. The number of halogens is 3. The van der Waals surface area contributed by atoms with Gasteiger partial charge in [-0.3, -0.25) is 9.52 Å². The van der Waals surface area contributed by atoms with Crippen molar-refractivity contribution in [1.82, 2.24) is 0 Å². The molecule has 1 aliphatic carbocycles. The quantitative estimate of drug-likeness (QED) is 0.495. The zero-order valence-corrected chi connectivity index (χ0v) is 19.1. The summed E-state index contributed by atoms with van der Waals surface area (Å²) in [6.07, 6.45) is 0.675. The van der Waals surface area contributed by atoms with Crippen molar-refractivity contribution in [2.75, 3.05) is 4.72 Å². The van der Waals surface area contributed by atoms with Crippen LogP contribution in [0.1, 0.15) is 31.4 Å². The number of benzene rings is 2. The van der Waals surface area contributed by atoms with E-state index < -0.39 is 26.5 Å². The Bertz CT molecular complexity index is 1150. The highest BCUT2D eigenvalue weighted by molar-refractivity contribution is 7.98. The van der Waals surface area contributed by atoms with E-state index in [9.17, 15) is 26.4 Å². The predicted octanol–water partition coefficient (Wildman–Crippen LogP) is 5.97. The van der Waals surface area contributed by atoms with Crippen LogP contribution in [0, 0.1) is 0 Å². The number of thioether (sulfide) groups is 1. The molecule has 4 nitrogen and oxygen atoms in total. The van der Waals surface area contributed by atoms with Crippen molar-refractivity contribution in [1.29, 1.82) is 0 Å². The summed E-state index contributed by atoms with van der Waals surface area (Å²) in [6.45, 7) is 2.96.